The second-order valence-corrected chi connectivity index (χ2v) is 4.80. The van der Waals surface area contributed by atoms with Crippen LogP contribution in [0.25, 0.3) is 32.3 Å². The predicted octanol–water partition coefficient (Wildman–Crippen LogP) is -0.0485. The van der Waals surface area contributed by atoms with Crippen molar-refractivity contribution in [3.8, 4) is 0 Å². The van der Waals surface area contributed by atoms with Gasteiger partial charge in [-0.3, -0.25) is 0 Å². The van der Waals surface area contributed by atoms with Gasteiger partial charge in [0.2, 0.25) is 0 Å². The molecule has 0 spiro atoms. The molecule has 4 aromatic carbocycles. The molecule has 0 amide bonds. The summed E-state index contributed by atoms with van der Waals surface area (Å²) in [6.45, 7) is 0. The molecule has 0 aliphatic rings. The van der Waals surface area contributed by atoms with E-state index >= 15 is 0 Å². The molecule has 0 aromatic heterocycles. The minimum Gasteiger partial charge on any atom is -0.545 e. The minimum atomic E-state index is -1.13. The zero-order valence-corrected chi connectivity index (χ0v) is 14.1. The van der Waals surface area contributed by atoms with Gasteiger partial charge in [-0.05, 0) is 50.0 Å². The molecule has 0 heterocycles. The molecule has 4 aromatic rings. The molecule has 2 nitrogen and oxygen atoms in total. The molecule has 90 valence electrons. The van der Waals surface area contributed by atoms with E-state index in [0.29, 0.717) is 0 Å². The van der Waals surface area contributed by atoms with Crippen molar-refractivity contribution in [2.75, 3.05) is 0 Å². The van der Waals surface area contributed by atoms with Crippen LogP contribution < -0.4 is 56.5 Å². The maximum atomic E-state index is 11.1. The van der Waals surface area contributed by atoms with Gasteiger partial charge >= 0.3 is 51.4 Å². The van der Waals surface area contributed by atoms with E-state index in [4.69, 9.17) is 0 Å². The molecule has 0 saturated heterocycles. The molecule has 0 atom stereocenters. The van der Waals surface area contributed by atoms with Crippen molar-refractivity contribution in [1.82, 2.24) is 0 Å². The molecule has 0 bridgehead atoms. The van der Waals surface area contributed by atoms with Gasteiger partial charge in [-0.15, -0.1) is 0 Å². The average molecular weight is 284 g/mol. The van der Waals surface area contributed by atoms with Crippen LogP contribution in [-0.4, -0.2) is 5.97 Å². The van der Waals surface area contributed by atoms with Gasteiger partial charge in [0.15, 0.2) is 0 Å². The van der Waals surface area contributed by atoms with Gasteiger partial charge < -0.3 is 9.90 Å². The summed E-state index contributed by atoms with van der Waals surface area (Å²) in [5.41, 5.74) is 0.228. The Balaban J connectivity index is 0.00000121. The third kappa shape index (κ3) is 1.98. The van der Waals surface area contributed by atoms with Gasteiger partial charge in [0.25, 0.3) is 0 Å². The summed E-state index contributed by atoms with van der Waals surface area (Å²) in [6.07, 6.45) is 0. The number of carboxylic acid groups (broad SMARTS) is 1. The van der Waals surface area contributed by atoms with Crippen LogP contribution in [0.15, 0.2) is 54.6 Å². The quantitative estimate of drug-likeness (QED) is 0.363. The van der Waals surface area contributed by atoms with Gasteiger partial charge in [0.05, 0.1) is 5.97 Å². The number of carbonyl (C=O) groups is 1. The molecule has 0 aliphatic heterocycles. The summed E-state index contributed by atoms with van der Waals surface area (Å²) in [5, 5.41) is 17.6. The Morgan fingerprint density at radius 3 is 1.70 bits per heavy atom. The topological polar surface area (TPSA) is 40.1 Å². The fourth-order valence-electron chi connectivity index (χ4n) is 2.87. The maximum Gasteiger partial charge on any atom is 1.00 e. The fraction of sp³-hybridized carbons (Fsp3) is 0. The largest absolute Gasteiger partial charge is 1.00 e. The SMILES string of the molecule is O=C([O-])c1cc2ccc3cccc4ccc(c1)c2c34.[K+]. The van der Waals surface area contributed by atoms with Gasteiger partial charge in [0.1, 0.15) is 0 Å². The van der Waals surface area contributed by atoms with Crippen LogP contribution in [0.3, 0.4) is 0 Å². The summed E-state index contributed by atoms with van der Waals surface area (Å²) < 4.78 is 0. The van der Waals surface area contributed by atoms with Crippen LogP contribution >= 0.6 is 0 Å². The molecular weight excluding hydrogens is 275 g/mol. The summed E-state index contributed by atoms with van der Waals surface area (Å²) in [5.74, 6) is -1.13. The summed E-state index contributed by atoms with van der Waals surface area (Å²) >= 11 is 0. The Labute approximate surface area is 158 Å². The molecule has 4 rings (SSSR count). The van der Waals surface area contributed by atoms with E-state index in [9.17, 15) is 9.90 Å². The number of carboxylic acids is 1. The molecule has 0 saturated carbocycles. The van der Waals surface area contributed by atoms with Crippen molar-refractivity contribution < 1.29 is 61.3 Å². The van der Waals surface area contributed by atoms with Crippen molar-refractivity contribution in [2.45, 2.75) is 0 Å². The molecule has 20 heavy (non-hydrogen) atoms. The third-order valence-corrected chi connectivity index (χ3v) is 3.70. The number of hydrogen-bond acceptors (Lipinski definition) is 2. The first kappa shape index (κ1) is 14.0. The molecule has 3 heteroatoms. The Kier molecular flexibility index (Phi) is 3.56. The van der Waals surface area contributed by atoms with Crippen LogP contribution in [0.4, 0.5) is 0 Å². The number of aromatic carboxylic acids is 1. The smallest absolute Gasteiger partial charge is 0.545 e. The molecule has 0 unspecified atom stereocenters. The Morgan fingerprint density at radius 1 is 0.750 bits per heavy atom. The number of carbonyl (C=O) groups excluding carboxylic acids is 1. The van der Waals surface area contributed by atoms with E-state index in [1.165, 1.54) is 16.2 Å². The summed E-state index contributed by atoms with van der Waals surface area (Å²) in [4.78, 5) is 11.1. The fourth-order valence-corrected chi connectivity index (χ4v) is 2.87. The van der Waals surface area contributed by atoms with E-state index in [1.807, 2.05) is 30.3 Å². The molecular formula is C17H9KO2. The first-order valence-electron chi connectivity index (χ1n) is 6.13. The predicted molar refractivity (Wildman–Crippen MR) is 74.5 cm³/mol. The molecule has 0 aliphatic carbocycles. The molecule has 0 radical (unpaired) electrons. The van der Waals surface area contributed by atoms with Gasteiger partial charge in [0, 0.05) is 0 Å². The summed E-state index contributed by atoms with van der Waals surface area (Å²) in [7, 11) is 0. The van der Waals surface area contributed by atoms with E-state index in [-0.39, 0.29) is 56.9 Å². The zero-order chi connectivity index (χ0) is 13.0. The third-order valence-electron chi connectivity index (χ3n) is 3.70. The van der Waals surface area contributed by atoms with Crippen molar-refractivity contribution in [2.24, 2.45) is 0 Å². The van der Waals surface area contributed by atoms with Crippen LogP contribution in [0.1, 0.15) is 10.4 Å². The molecule has 0 fully saturated rings. The zero-order valence-electron chi connectivity index (χ0n) is 11.0. The second kappa shape index (κ2) is 5.09. The number of rotatable bonds is 1. The van der Waals surface area contributed by atoms with Crippen LogP contribution in [0.2, 0.25) is 0 Å². The Bertz CT molecular complexity index is 880. The van der Waals surface area contributed by atoms with Gasteiger partial charge in [-0.1, -0.05) is 42.5 Å². The maximum absolute atomic E-state index is 11.1. The van der Waals surface area contributed by atoms with Crippen molar-refractivity contribution in [3.05, 3.63) is 60.2 Å². The Morgan fingerprint density at radius 2 is 1.20 bits per heavy atom. The van der Waals surface area contributed by atoms with Crippen molar-refractivity contribution in [1.29, 1.82) is 0 Å². The summed E-state index contributed by atoms with van der Waals surface area (Å²) in [6, 6.07) is 17.6. The van der Waals surface area contributed by atoms with Crippen molar-refractivity contribution >= 4 is 38.3 Å². The van der Waals surface area contributed by atoms with Gasteiger partial charge in [-0.2, -0.15) is 0 Å². The number of hydrogen-bond donors (Lipinski definition) is 0. The first-order valence-corrected chi connectivity index (χ1v) is 6.13. The molecule has 0 N–H and O–H groups in total. The van der Waals surface area contributed by atoms with Crippen molar-refractivity contribution in [3.63, 3.8) is 0 Å². The minimum absolute atomic E-state index is 0. The normalized spacial score (nSPS) is 11.0. The van der Waals surface area contributed by atoms with Crippen LogP contribution in [0.5, 0.6) is 0 Å². The van der Waals surface area contributed by atoms with E-state index < -0.39 is 5.97 Å². The van der Waals surface area contributed by atoms with Gasteiger partial charge in [-0.25, -0.2) is 0 Å². The Hall–Kier alpha value is -0.974. The average Bonchev–Trinajstić information content (AvgIpc) is 2.44. The van der Waals surface area contributed by atoms with E-state index in [0.717, 1.165) is 16.2 Å². The van der Waals surface area contributed by atoms with E-state index in [2.05, 4.69) is 12.1 Å². The van der Waals surface area contributed by atoms with E-state index in [1.54, 1.807) is 12.1 Å². The second-order valence-electron chi connectivity index (χ2n) is 4.80. The number of benzene rings is 4. The van der Waals surface area contributed by atoms with Crippen LogP contribution in [0, 0.1) is 0 Å². The first-order chi connectivity index (χ1) is 9.24. The standard InChI is InChI=1S/C17H10O2.K/c18-17(19)14-8-12-6-4-10-2-1-3-11-5-7-13(9-14)16(12)15(10)11;/h1-9H,(H,18,19);/q;+1/p-1. The monoisotopic (exact) mass is 284 g/mol. The van der Waals surface area contributed by atoms with Crippen LogP contribution in [-0.2, 0) is 0 Å².